The molecule has 3 rings (SSSR count). The van der Waals surface area contributed by atoms with Crippen molar-refractivity contribution in [1.29, 1.82) is 0 Å². The van der Waals surface area contributed by atoms with Gasteiger partial charge in [-0.1, -0.05) is 23.8 Å². The number of nitrogens with zero attached hydrogens (tertiary/aromatic N) is 1. The fraction of sp³-hybridized carbons (Fsp3) is 0.381. The molecule has 1 fully saturated rings. The Balaban J connectivity index is 1.96. The van der Waals surface area contributed by atoms with Gasteiger partial charge in [-0.05, 0) is 56.5 Å². The number of ether oxygens (including phenoxy) is 1. The van der Waals surface area contributed by atoms with Crippen molar-refractivity contribution in [2.24, 2.45) is 5.92 Å². The van der Waals surface area contributed by atoms with Crippen molar-refractivity contribution in [1.82, 2.24) is 10.3 Å². The van der Waals surface area contributed by atoms with Crippen molar-refractivity contribution in [2.75, 3.05) is 0 Å². The maximum atomic E-state index is 13.0. The Hall–Kier alpha value is -2.69. The van der Waals surface area contributed by atoms with Crippen LogP contribution in [0.15, 0.2) is 42.7 Å². The Kier molecular flexibility index (Phi) is 4.81. The zero-order valence-electron chi connectivity index (χ0n) is 15.6. The monoisotopic (exact) mass is 352 g/mol. The van der Waals surface area contributed by atoms with Crippen LogP contribution < -0.4 is 5.32 Å². The molecule has 2 atom stereocenters. The summed E-state index contributed by atoms with van der Waals surface area (Å²) in [5.41, 5.74) is 3.40. The van der Waals surface area contributed by atoms with Crippen molar-refractivity contribution < 1.29 is 14.3 Å². The van der Waals surface area contributed by atoms with Crippen LogP contribution in [0.25, 0.3) is 0 Å². The minimum atomic E-state index is -0.800. The van der Waals surface area contributed by atoms with Crippen LogP contribution in [0, 0.1) is 19.8 Å². The maximum Gasteiger partial charge on any atom is 0.307 e. The smallest absolute Gasteiger partial charge is 0.307 e. The van der Waals surface area contributed by atoms with E-state index in [1.54, 1.807) is 26.2 Å². The SMILES string of the molecule is Cc1ccc(C)c([C@@H](NC(=O)[C@@H]2CC(=O)OC2(C)C)c2ccncc2)c1. The minimum Gasteiger partial charge on any atom is -0.459 e. The Bertz CT molecular complexity index is 830. The quantitative estimate of drug-likeness (QED) is 0.858. The summed E-state index contributed by atoms with van der Waals surface area (Å²) in [5.74, 6) is -1.02. The molecule has 5 nitrogen and oxygen atoms in total. The van der Waals surface area contributed by atoms with E-state index >= 15 is 0 Å². The molecule has 0 bridgehead atoms. The maximum absolute atomic E-state index is 13.0. The van der Waals surface area contributed by atoms with Crippen LogP contribution in [0.3, 0.4) is 0 Å². The first-order chi connectivity index (χ1) is 12.3. The molecule has 0 saturated carbocycles. The third kappa shape index (κ3) is 3.62. The molecule has 26 heavy (non-hydrogen) atoms. The average molecular weight is 352 g/mol. The van der Waals surface area contributed by atoms with Crippen molar-refractivity contribution in [3.8, 4) is 0 Å². The second kappa shape index (κ2) is 6.90. The fourth-order valence-corrected chi connectivity index (χ4v) is 3.44. The van der Waals surface area contributed by atoms with E-state index in [1.807, 2.05) is 26.0 Å². The molecule has 1 N–H and O–H groups in total. The van der Waals surface area contributed by atoms with Gasteiger partial charge in [-0.15, -0.1) is 0 Å². The van der Waals surface area contributed by atoms with Crippen LogP contribution >= 0.6 is 0 Å². The molecule has 2 aromatic rings. The first-order valence-electron chi connectivity index (χ1n) is 8.77. The largest absolute Gasteiger partial charge is 0.459 e. The summed E-state index contributed by atoms with van der Waals surface area (Å²) in [6.45, 7) is 7.62. The predicted molar refractivity (Wildman–Crippen MR) is 98.4 cm³/mol. The molecular formula is C21H24N2O3. The molecule has 0 spiro atoms. The van der Waals surface area contributed by atoms with Crippen molar-refractivity contribution in [2.45, 2.75) is 45.8 Å². The lowest BCUT2D eigenvalue weighted by Crippen LogP contribution is -2.42. The number of aryl methyl sites for hydroxylation is 2. The predicted octanol–water partition coefficient (Wildman–Crippen LogP) is 3.25. The van der Waals surface area contributed by atoms with Crippen LogP contribution in [0.2, 0.25) is 0 Å². The highest BCUT2D eigenvalue weighted by molar-refractivity contribution is 5.88. The van der Waals surface area contributed by atoms with Gasteiger partial charge < -0.3 is 10.1 Å². The lowest BCUT2D eigenvalue weighted by atomic mass is 9.88. The number of hydrogen-bond acceptors (Lipinski definition) is 4. The number of carbonyl (C=O) groups is 2. The summed E-state index contributed by atoms with van der Waals surface area (Å²) < 4.78 is 5.31. The number of pyridine rings is 1. The van der Waals surface area contributed by atoms with E-state index in [1.165, 1.54) is 0 Å². The van der Waals surface area contributed by atoms with Gasteiger partial charge in [0.15, 0.2) is 0 Å². The molecule has 5 heteroatoms. The molecule has 0 unspecified atom stereocenters. The lowest BCUT2D eigenvalue weighted by Gasteiger charge is -2.27. The molecular weight excluding hydrogens is 328 g/mol. The highest BCUT2D eigenvalue weighted by Gasteiger charge is 2.46. The van der Waals surface area contributed by atoms with E-state index in [2.05, 4.69) is 28.5 Å². The van der Waals surface area contributed by atoms with Crippen molar-refractivity contribution in [3.63, 3.8) is 0 Å². The number of nitrogens with one attached hydrogen (secondary N) is 1. The molecule has 1 aliphatic heterocycles. The highest BCUT2D eigenvalue weighted by atomic mass is 16.6. The summed E-state index contributed by atoms with van der Waals surface area (Å²) in [6, 6.07) is 9.68. The summed E-state index contributed by atoms with van der Waals surface area (Å²) in [4.78, 5) is 28.8. The van der Waals surface area contributed by atoms with E-state index in [9.17, 15) is 9.59 Å². The zero-order valence-corrected chi connectivity index (χ0v) is 15.6. The van der Waals surface area contributed by atoms with E-state index in [0.717, 1.165) is 22.3 Å². The van der Waals surface area contributed by atoms with Crippen LogP contribution in [0.5, 0.6) is 0 Å². The van der Waals surface area contributed by atoms with Gasteiger partial charge in [0.25, 0.3) is 0 Å². The third-order valence-corrected chi connectivity index (χ3v) is 4.98. The number of carbonyl (C=O) groups excluding carboxylic acids is 2. The molecule has 1 aromatic heterocycles. The number of amides is 1. The number of cyclic esters (lactones) is 1. The van der Waals surface area contributed by atoms with Crippen molar-refractivity contribution >= 4 is 11.9 Å². The summed E-state index contributed by atoms with van der Waals surface area (Å²) >= 11 is 0. The van der Waals surface area contributed by atoms with Crippen LogP contribution in [-0.2, 0) is 14.3 Å². The molecule has 1 saturated heterocycles. The Morgan fingerprint density at radius 2 is 1.92 bits per heavy atom. The minimum absolute atomic E-state index is 0.106. The highest BCUT2D eigenvalue weighted by Crippen LogP contribution is 2.34. The molecule has 1 aromatic carbocycles. The van der Waals surface area contributed by atoms with Gasteiger partial charge in [0.2, 0.25) is 5.91 Å². The Morgan fingerprint density at radius 3 is 2.54 bits per heavy atom. The first kappa shape index (κ1) is 18.1. The van der Waals surface area contributed by atoms with Crippen LogP contribution in [-0.4, -0.2) is 22.5 Å². The van der Waals surface area contributed by atoms with Gasteiger partial charge in [-0.2, -0.15) is 0 Å². The number of hydrogen-bond donors (Lipinski definition) is 1. The molecule has 2 heterocycles. The van der Waals surface area contributed by atoms with Gasteiger partial charge in [0.1, 0.15) is 5.60 Å². The molecule has 0 aliphatic carbocycles. The normalized spacial score (nSPS) is 19.7. The van der Waals surface area contributed by atoms with Crippen LogP contribution in [0.4, 0.5) is 0 Å². The number of benzene rings is 1. The molecule has 0 radical (unpaired) electrons. The van der Waals surface area contributed by atoms with Gasteiger partial charge in [0.05, 0.1) is 18.4 Å². The topological polar surface area (TPSA) is 68.3 Å². The van der Waals surface area contributed by atoms with Gasteiger partial charge in [-0.25, -0.2) is 0 Å². The first-order valence-corrected chi connectivity index (χ1v) is 8.77. The Morgan fingerprint density at radius 1 is 1.23 bits per heavy atom. The molecule has 1 aliphatic rings. The van der Waals surface area contributed by atoms with E-state index in [4.69, 9.17) is 4.74 Å². The van der Waals surface area contributed by atoms with Gasteiger partial charge in [-0.3, -0.25) is 14.6 Å². The molecule has 136 valence electrons. The standard InChI is InChI=1S/C21H24N2O3/c1-13-5-6-14(2)16(11-13)19(15-7-9-22-10-8-15)23-20(25)17-12-18(24)26-21(17,3)4/h5-11,17,19H,12H2,1-4H3,(H,23,25)/t17-,19-/m0/s1. The lowest BCUT2D eigenvalue weighted by molar-refractivity contribution is -0.147. The van der Waals surface area contributed by atoms with E-state index < -0.39 is 11.5 Å². The summed E-state index contributed by atoms with van der Waals surface area (Å²) in [6.07, 6.45) is 3.53. The number of rotatable bonds is 4. The summed E-state index contributed by atoms with van der Waals surface area (Å²) in [5, 5.41) is 3.14. The van der Waals surface area contributed by atoms with Gasteiger partial charge in [0, 0.05) is 12.4 Å². The number of esters is 1. The summed E-state index contributed by atoms with van der Waals surface area (Å²) in [7, 11) is 0. The Labute approximate surface area is 153 Å². The molecule has 1 amide bonds. The zero-order chi connectivity index (χ0) is 18.9. The van der Waals surface area contributed by atoms with E-state index in [-0.39, 0.29) is 24.3 Å². The van der Waals surface area contributed by atoms with Crippen LogP contribution in [0.1, 0.15) is 48.6 Å². The third-order valence-electron chi connectivity index (χ3n) is 4.98. The average Bonchev–Trinajstić information content (AvgIpc) is 2.88. The second-order valence-corrected chi connectivity index (χ2v) is 7.42. The number of aromatic nitrogens is 1. The van der Waals surface area contributed by atoms with Crippen molar-refractivity contribution in [3.05, 3.63) is 65.0 Å². The van der Waals surface area contributed by atoms with Gasteiger partial charge >= 0.3 is 5.97 Å². The fourth-order valence-electron chi connectivity index (χ4n) is 3.44. The van der Waals surface area contributed by atoms with E-state index in [0.29, 0.717) is 0 Å². The second-order valence-electron chi connectivity index (χ2n) is 7.42.